The number of carboxylic acids is 1. The maximum atomic E-state index is 11.9. The van der Waals surface area contributed by atoms with Crippen LogP contribution in [0.15, 0.2) is 22.7 Å². The number of halogens is 1. The quantitative estimate of drug-likeness (QED) is 0.787. The average Bonchev–Trinajstić information content (AvgIpc) is 2.30. The number of amides is 2. The van der Waals surface area contributed by atoms with Crippen molar-refractivity contribution in [3.63, 3.8) is 0 Å². The van der Waals surface area contributed by atoms with E-state index in [0.717, 1.165) is 10.0 Å². The first-order chi connectivity index (χ1) is 9.12. The summed E-state index contributed by atoms with van der Waals surface area (Å²) in [6.45, 7) is 7.14. The molecule has 0 bridgehead atoms. The van der Waals surface area contributed by atoms with E-state index < -0.39 is 23.5 Å². The van der Waals surface area contributed by atoms with Gasteiger partial charge in [0.05, 0.1) is 0 Å². The van der Waals surface area contributed by atoms with Crippen molar-refractivity contribution in [2.45, 2.75) is 33.7 Å². The van der Waals surface area contributed by atoms with Gasteiger partial charge in [0.15, 0.2) is 0 Å². The summed E-state index contributed by atoms with van der Waals surface area (Å²) in [7, 11) is 0. The van der Waals surface area contributed by atoms with E-state index in [9.17, 15) is 14.7 Å². The average molecular weight is 343 g/mol. The minimum atomic E-state index is -1.06. The van der Waals surface area contributed by atoms with Crippen LogP contribution in [0.25, 0.3) is 0 Å². The second kappa shape index (κ2) is 6.26. The Labute approximate surface area is 126 Å². The molecule has 0 fully saturated rings. The van der Waals surface area contributed by atoms with Gasteiger partial charge in [-0.2, -0.15) is 0 Å². The second-order valence-corrected chi connectivity index (χ2v) is 6.50. The fourth-order valence-electron chi connectivity index (χ4n) is 1.68. The van der Waals surface area contributed by atoms with Crippen molar-refractivity contribution < 1.29 is 14.7 Å². The molecule has 1 aromatic carbocycles. The Kier molecular flexibility index (Phi) is 5.16. The molecule has 0 unspecified atom stereocenters. The van der Waals surface area contributed by atoms with Crippen LogP contribution in [0.3, 0.4) is 0 Å². The van der Waals surface area contributed by atoms with E-state index in [1.165, 1.54) is 0 Å². The predicted octanol–water partition coefficient (Wildman–Crippen LogP) is 3.38. The topological polar surface area (TPSA) is 78.4 Å². The van der Waals surface area contributed by atoms with Gasteiger partial charge in [-0.15, -0.1) is 0 Å². The normalized spacial score (nSPS) is 12.7. The van der Waals surface area contributed by atoms with E-state index in [1.807, 2.05) is 13.0 Å². The molecule has 0 spiro atoms. The Morgan fingerprint density at radius 3 is 2.40 bits per heavy atom. The number of carboxylic acid groups (broad SMARTS) is 1. The van der Waals surface area contributed by atoms with Crippen molar-refractivity contribution >= 4 is 33.6 Å². The van der Waals surface area contributed by atoms with Crippen molar-refractivity contribution in [2.24, 2.45) is 5.41 Å². The Hall–Kier alpha value is -1.56. The summed E-state index contributed by atoms with van der Waals surface area (Å²) in [5.41, 5.74) is 0.940. The first-order valence-corrected chi connectivity index (χ1v) is 6.97. The second-order valence-electron chi connectivity index (χ2n) is 5.65. The molecule has 0 saturated heterocycles. The highest BCUT2D eigenvalue weighted by atomic mass is 79.9. The van der Waals surface area contributed by atoms with E-state index in [-0.39, 0.29) is 0 Å². The van der Waals surface area contributed by atoms with Crippen molar-refractivity contribution in [1.29, 1.82) is 0 Å². The van der Waals surface area contributed by atoms with Crippen LogP contribution in [0, 0.1) is 12.3 Å². The Bertz CT molecular complexity index is 524. The maximum Gasteiger partial charge on any atom is 0.326 e. The summed E-state index contributed by atoms with van der Waals surface area (Å²) < 4.78 is 0.876. The summed E-state index contributed by atoms with van der Waals surface area (Å²) in [4.78, 5) is 23.1. The van der Waals surface area contributed by atoms with E-state index in [0.29, 0.717) is 5.69 Å². The van der Waals surface area contributed by atoms with Gasteiger partial charge in [-0.25, -0.2) is 9.59 Å². The lowest BCUT2D eigenvalue weighted by Crippen LogP contribution is -2.50. The van der Waals surface area contributed by atoms with Crippen LogP contribution in [-0.2, 0) is 4.79 Å². The lowest BCUT2D eigenvalue weighted by atomic mass is 9.87. The first-order valence-electron chi connectivity index (χ1n) is 6.18. The summed E-state index contributed by atoms with van der Waals surface area (Å²) in [6.07, 6.45) is 0. The summed E-state index contributed by atoms with van der Waals surface area (Å²) in [5.74, 6) is -1.06. The van der Waals surface area contributed by atoms with Gasteiger partial charge in [-0.3, -0.25) is 0 Å². The zero-order valence-corrected chi connectivity index (χ0v) is 13.5. The number of urea groups is 1. The first kappa shape index (κ1) is 16.5. The van der Waals surface area contributed by atoms with Gasteiger partial charge in [0.25, 0.3) is 0 Å². The lowest BCUT2D eigenvalue weighted by molar-refractivity contribution is -0.141. The van der Waals surface area contributed by atoms with E-state index in [4.69, 9.17) is 0 Å². The standard InChI is InChI=1S/C14H19BrN2O3/c1-8-9(15)6-5-7-10(8)16-13(20)17-11(12(18)19)14(2,3)4/h5-7,11H,1-4H3,(H,18,19)(H2,16,17,20)/t11-/m1/s1. The molecule has 0 saturated carbocycles. The summed E-state index contributed by atoms with van der Waals surface area (Å²) in [6, 6.07) is 3.93. The number of aliphatic carboxylic acids is 1. The van der Waals surface area contributed by atoms with Gasteiger partial charge in [0.1, 0.15) is 6.04 Å². The van der Waals surface area contributed by atoms with Gasteiger partial charge < -0.3 is 15.7 Å². The largest absolute Gasteiger partial charge is 0.480 e. The number of hydrogen-bond donors (Lipinski definition) is 3. The van der Waals surface area contributed by atoms with Gasteiger partial charge >= 0.3 is 12.0 Å². The fraction of sp³-hybridized carbons (Fsp3) is 0.429. The number of carbonyl (C=O) groups excluding carboxylic acids is 1. The molecule has 1 rings (SSSR count). The van der Waals surface area contributed by atoms with Gasteiger partial charge in [-0.1, -0.05) is 42.8 Å². The van der Waals surface area contributed by atoms with Crippen molar-refractivity contribution in [1.82, 2.24) is 5.32 Å². The zero-order chi connectivity index (χ0) is 15.5. The molecule has 0 heterocycles. The van der Waals surface area contributed by atoms with Crippen LogP contribution in [0.5, 0.6) is 0 Å². The van der Waals surface area contributed by atoms with Crippen molar-refractivity contribution in [3.05, 3.63) is 28.2 Å². The highest BCUT2D eigenvalue weighted by molar-refractivity contribution is 9.10. The Morgan fingerprint density at radius 1 is 1.30 bits per heavy atom. The predicted molar refractivity (Wildman–Crippen MR) is 81.9 cm³/mol. The molecule has 0 aromatic heterocycles. The van der Waals surface area contributed by atoms with Gasteiger partial charge in [0.2, 0.25) is 0 Å². The molecule has 1 atom stereocenters. The third-order valence-corrected chi connectivity index (χ3v) is 3.76. The molecule has 6 heteroatoms. The lowest BCUT2D eigenvalue weighted by Gasteiger charge is -2.27. The number of anilines is 1. The third-order valence-electron chi connectivity index (χ3n) is 2.90. The molecule has 0 aliphatic heterocycles. The van der Waals surface area contributed by atoms with Crippen LogP contribution in [0.1, 0.15) is 26.3 Å². The van der Waals surface area contributed by atoms with Crippen LogP contribution in [-0.4, -0.2) is 23.1 Å². The smallest absolute Gasteiger partial charge is 0.326 e. The molecule has 1 aromatic rings. The number of carbonyl (C=O) groups is 2. The Morgan fingerprint density at radius 2 is 1.90 bits per heavy atom. The Balaban J connectivity index is 2.82. The number of hydrogen-bond acceptors (Lipinski definition) is 2. The zero-order valence-electron chi connectivity index (χ0n) is 12.0. The number of nitrogens with one attached hydrogen (secondary N) is 2. The minimum absolute atomic E-state index is 0.534. The third kappa shape index (κ3) is 4.23. The van der Waals surface area contributed by atoms with E-state index >= 15 is 0 Å². The van der Waals surface area contributed by atoms with Gasteiger partial charge in [-0.05, 0) is 30.0 Å². The van der Waals surface area contributed by atoms with Crippen LogP contribution in [0.2, 0.25) is 0 Å². The maximum absolute atomic E-state index is 11.9. The molecule has 2 amide bonds. The highest BCUT2D eigenvalue weighted by Gasteiger charge is 2.32. The molecular formula is C14H19BrN2O3. The monoisotopic (exact) mass is 342 g/mol. The molecule has 5 nitrogen and oxygen atoms in total. The fourth-order valence-corrected chi connectivity index (χ4v) is 2.05. The SMILES string of the molecule is Cc1c(Br)cccc1NC(=O)N[C@H](C(=O)O)C(C)(C)C. The number of rotatable bonds is 3. The van der Waals surface area contributed by atoms with Crippen LogP contribution < -0.4 is 10.6 Å². The van der Waals surface area contributed by atoms with Crippen LogP contribution >= 0.6 is 15.9 Å². The van der Waals surface area contributed by atoms with Gasteiger partial charge in [0, 0.05) is 10.2 Å². The molecular weight excluding hydrogens is 324 g/mol. The van der Waals surface area contributed by atoms with E-state index in [2.05, 4.69) is 26.6 Å². The minimum Gasteiger partial charge on any atom is -0.480 e. The molecule has 0 radical (unpaired) electrons. The molecule has 3 N–H and O–H groups in total. The molecule has 0 aliphatic carbocycles. The highest BCUT2D eigenvalue weighted by Crippen LogP contribution is 2.24. The van der Waals surface area contributed by atoms with Crippen molar-refractivity contribution in [2.75, 3.05) is 5.32 Å². The van der Waals surface area contributed by atoms with E-state index in [1.54, 1.807) is 32.9 Å². The molecule has 110 valence electrons. The molecule has 20 heavy (non-hydrogen) atoms. The molecule has 0 aliphatic rings. The summed E-state index contributed by atoms with van der Waals surface area (Å²) >= 11 is 3.38. The van der Waals surface area contributed by atoms with Crippen LogP contribution in [0.4, 0.5) is 10.5 Å². The summed E-state index contributed by atoms with van der Waals surface area (Å²) in [5, 5.41) is 14.3. The van der Waals surface area contributed by atoms with Crippen molar-refractivity contribution in [3.8, 4) is 0 Å². The number of benzene rings is 1.